The molecule has 0 saturated carbocycles. The van der Waals surface area contributed by atoms with Crippen LogP contribution in [0.25, 0.3) is 0 Å². The molecule has 16 heavy (non-hydrogen) atoms. The Kier molecular flexibility index (Phi) is 4.72. The predicted octanol–water partition coefficient (Wildman–Crippen LogP) is -1.07. The summed E-state index contributed by atoms with van der Waals surface area (Å²) in [4.78, 5) is 6.20. The van der Waals surface area contributed by atoms with Gasteiger partial charge in [0, 0.05) is 27.7 Å². The quantitative estimate of drug-likeness (QED) is 0.578. The van der Waals surface area contributed by atoms with Crippen molar-refractivity contribution in [1.29, 1.82) is 0 Å². The third-order valence-electron chi connectivity index (χ3n) is 2.47. The number of rotatable bonds is 6. The van der Waals surface area contributed by atoms with Crippen molar-refractivity contribution in [3.05, 3.63) is 11.9 Å². The van der Waals surface area contributed by atoms with Gasteiger partial charge in [-0.3, -0.25) is 0 Å². The topological polar surface area (TPSA) is 73.6 Å². The smallest absolute Gasteiger partial charge is 0.204 e. The first-order chi connectivity index (χ1) is 7.60. The lowest BCUT2D eigenvalue weighted by Crippen LogP contribution is -2.35. The Bertz CT molecular complexity index is 321. The van der Waals surface area contributed by atoms with E-state index in [1.165, 1.54) is 0 Å². The van der Waals surface area contributed by atoms with E-state index < -0.39 is 0 Å². The molecular weight excluding hydrogens is 208 g/mol. The minimum absolute atomic E-state index is 0.0745. The summed E-state index contributed by atoms with van der Waals surface area (Å²) in [5.41, 5.74) is 1.01. The van der Waals surface area contributed by atoms with Crippen LogP contribution < -0.4 is 10.2 Å². The van der Waals surface area contributed by atoms with Crippen molar-refractivity contribution in [2.75, 3.05) is 32.2 Å². The maximum atomic E-state index is 8.91. The van der Waals surface area contributed by atoms with E-state index in [0.29, 0.717) is 6.54 Å². The van der Waals surface area contributed by atoms with Crippen LogP contribution in [0.15, 0.2) is 6.20 Å². The second kappa shape index (κ2) is 5.83. The van der Waals surface area contributed by atoms with Gasteiger partial charge >= 0.3 is 0 Å². The normalized spacial score (nSPS) is 11.1. The van der Waals surface area contributed by atoms with Gasteiger partial charge in [-0.15, -0.1) is 0 Å². The van der Waals surface area contributed by atoms with E-state index in [-0.39, 0.29) is 19.3 Å². The number of hydrogen-bond acceptors (Lipinski definition) is 5. The zero-order valence-electron chi connectivity index (χ0n) is 10.0. The number of nitrogens with one attached hydrogen (secondary N) is 1. The lowest BCUT2D eigenvalue weighted by atomic mass is 10.3. The number of imidazole rings is 1. The average Bonchev–Trinajstić information content (AvgIpc) is 2.62. The number of nitrogens with zero attached hydrogens (tertiary/aromatic N) is 3. The van der Waals surface area contributed by atoms with Crippen molar-refractivity contribution in [3.8, 4) is 0 Å². The third-order valence-corrected chi connectivity index (χ3v) is 2.47. The third kappa shape index (κ3) is 2.94. The summed E-state index contributed by atoms with van der Waals surface area (Å²) in [5, 5.41) is 20.9. The van der Waals surface area contributed by atoms with Crippen molar-refractivity contribution < 1.29 is 10.2 Å². The van der Waals surface area contributed by atoms with Crippen LogP contribution >= 0.6 is 0 Å². The monoisotopic (exact) mass is 228 g/mol. The van der Waals surface area contributed by atoms with Crippen LogP contribution in [-0.2, 0) is 13.6 Å². The summed E-state index contributed by atoms with van der Waals surface area (Å²) < 4.78 is 1.97. The Balaban J connectivity index is 2.61. The Morgan fingerprint density at radius 1 is 1.44 bits per heavy atom. The van der Waals surface area contributed by atoms with Gasteiger partial charge in [0.2, 0.25) is 5.95 Å². The molecule has 3 N–H and O–H groups in total. The molecule has 0 saturated heterocycles. The van der Waals surface area contributed by atoms with Gasteiger partial charge in [0.25, 0.3) is 0 Å². The summed E-state index contributed by atoms with van der Waals surface area (Å²) in [6.45, 7) is 0.424. The summed E-state index contributed by atoms with van der Waals surface area (Å²) in [6, 6.07) is -0.280. The highest BCUT2D eigenvalue weighted by Gasteiger charge is 2.10. The molecule has 92 valence electrons. The molecule has 1 heterocycles. The molecule has 0 fully saturated rings. The standard InChI is InChI=1S/C10H20N4O2/c1-13(2)10-12-5-9(14(10)3)4-11-8(6-15)7-16/h5,8,11,15-16H,4,6-7H2,1-3H3. The summed E-state index contributed by atoms with van der Waals surface area (Å²) in [6.07, 6.45) is 1.79. The van der Waals surface area contributed by atoms with Gasteiger partial charge in [-0.2, -0.15) is 0 Å². The number of anilines is 1. The fraction of sp³-hybridized carbons (Fsp3) is 0.700. The van der Waals surface area contributed by atoms with Crippen LogP contribution in [-0.4, -0.2) is 53.1 Å². The molecule has 0 aromatic carbocycles. The van der Waals surface area contributed by atoms with E-state index in [1.807, 2.05) is 30.6 Å². The first kappa shape index (κ1) is 13.0. The van der Waals surface area contributed by atoms with Crippen molar-refractivity contribution in [2.45, 2.75) is 12.6 Å². The van der Waals surface area contributed by atoms with Crippen LogP contribution in [0.2, 0.25) is 0 Å². The highest BCUT2D eigenvalue weighted by atomic mass is 16.3. The predicted molar refractivity (Wildman–Crippen MR) is 62.3 cm³/mol. The van der Waals surface area contributed by atoms with Gasteiger partial charge in [-0.05, 0) is 0 Å². The van der Waals surface area contributed by atoms with E-state index in [0.717, 1.165) is 11.6 Å². The van der Waals surface area contributed by atoms with E-state index in [1.54, 1.807) is 6.20 Å². The summed E-state index contributed by atoms with van der Waals surface area (Å²) in [5.74, 6) is 0.876. The molecule has 1 rings (SSSR count). The van der Waals surface area contributed by atoms with Crippen LogP contribution in [0.1, 0.15) is 5.69 Å². The molecule has 0 aliphatic rings. The molecule has 0 radical (unpaired) electrons. The highest BCUT2D eigenvalue weighted by molar-refractivity contribution is 5.30. The Hall–Kier alpha value is -1.11. The second-order valence-corrected chi connectivity index (χ2v) is 3.95. The van der Waals surface area contributed by atoms with Gasteiger partial charge < -0.3 is 25.0 Å². The SMILES string of the molecule is CN(C)c1ncc(CNC(CO)CO)n1C. The second-order valence-electron chi connectivity index (χ2n) is 3.95. The zero-order valence-corrected chi connectivity index (χ0v) is 10.0. The van der Waals surface area contributed by atoms with Gasteiger partial charge in [0.15, 0.2) is 0 Å². The van der Waals surface area contributed by atoms with Crippen LogP contribution in [0.3, 0.4) is 0 Å². The van der Waals surface area contributed by atoms with E-state index >= 15 is 0 Å². The maximum absolute atomic E-state index is 8.91. The first-order valence-electron chi connectivity index (χ1n) is 5.23. The molecule has 0 unspecified atom stereocenters. The highest BCUT2D eigenvalue weighted by Crippen LogP contribution is 2.10. The van der Waals surface area contributed by atoms with E-state index in [9.17, 15) is 0 Å². The van der Waals surface area contributed by atoms with E-state index in [4.69, 9.17) is 10.2 Å². The van der Waals surface area contributed by atoms with Crippen LogP contribution in [0.5, 0.6) is 0 Å². The zero-order chi connectivity index (χ0) is 12.1. The fourth-order valence-electron chi connectivity index (χ4n) is 1.45. The molecule has 0 aliphatic heterocycles. The lowest BCUT2D eigenvalue weighted by molar-refractivity contribution is 0.170. The van der Waals surface area contributed by atoms with Crippen molar-refractivity contribution in [2.24, 2.45) is 7.05 Å². The van der Waals surface area contributed by atoms with Crippen molar-refractivity contribution in [1.82, 2.24) is 14.9 Å². The van der Waals surface area contributed by atoms with Crippen LogP contribution in [0, 0.1) is 0 Å². The minimum atomic E-state index is -0.280. The Morgan fingerprint density at radius 2 is 2.06 bits per heavy atom. The Morgan fingerprint density at radius 3 is 2.50 bits per heavy atom. The minimum Gasteiger partial charge on any atom is -0.395 e. The molecule has 1 aromatic heterocycles. The molecule has 0 amide bonds. The number of aliphatic hydroxyl groups is 2. The molecule has 0 spiro atoms. The van der Waals surface area contributed by atoms with Crippen molar-refractivity contribution >= 4 is 5.95 Å². The number of hydrogen-bond donors (Lipinski definition) is 3. The average molecular weight is 228 g/mol. The lowest BCUT2D eigenvalue weighted by Gasteiger charge is -2.15. The van der Waals surface area contributed by atoms with Gasteiger partial charge in [0.05, 0.1) is 31.1 Å². The maximum Gasteiger partial charge on any atom is 0.204 e. The van der Waals surface area contributed by atoms with Gasteiger partial charge in [-0.1, -0.05) is 0 Å². The summed E-state index contributed by atoms with van der Waals surface area (Å²) in [7, 11) is 5.81. The molecular formula is C10H20N4O2. The molecule has 6 heteroatoms. The van der Waals surface area contributed by atoms with E-state index in [2.05, 4.69) is 10.3 Å². The molecule has 1 aromatic rings. The first-order valence-corrected chi connectivity index (χ1v) is 5.23. The Labute approximate surface area is 95.5 Å². The number of aliphatic hydroxyl groups excluding tert-OH is 2. The van der Waals surface area contributed by atoms with Crippen molar-refractivity contribution in [3.63, 3.8) is 0 Å². The van der Waals surface area contributed by atoms with Crippen LogP contribution in [0.4, 0.5) is 5.95 Å². The van der Waals surface area contributed by atoms with Gasteiger partial charge in [0.1, 0.15) is 0 Å². The molecule has 0 bridgehead atoms. The fourth-order valence-corrected chi connectivity index (χ4v) is 1.45. The molecule has 6 nitrogen and oxygen atoms in total. The molecule has 0 atom stereocenters. The summed E-state index contributed by atoms with van der Waals surface area (Å²) >= 11 is 0. The number of aromatic nitrogens is 2. The van der Waals surface area contributed by atoms with Gasteiger partial charge in [-0.25, -0.2) is 4.98 Å². The molecule has 0 aliphatic carbocycles. The largest absolute Gasteiger partial charge is 0.395 e.